The van der Waals surface area contributed by atoms with Crippen molar-refractivity contribution in [3.63, 3.8) is 0 Å². The van der Waals surface area contributed by atoms with Gasteiger partial charge in [-0.1, -0.05) is 20.3 Å². The van der Waals surface area contributed by atoms with Gasteiger partial charge in [0, 0.05) is 12.1 Å². The second-order valence-corrected chi connectivity index (χ2v) is 8.46. The van der Waals surface area contributed by atoms with Crippen LogP contribution in [-0.2, 0) is 10.0 Å². The highest BCUT2D eigenvalue weighted by Gasteiger charge is 2.33. The third-order valence-corrected chi connectivity index (χ3v) is 6.42. The zero-order valence-corrected chi connectivity index (χ0v) is 13.7. The van der Waals surface area contributed by atoms with E-state index >= 15 is 0 Å². The van der Waals surface area contributed by atoms with Gasteiger partial charge in [0.25, 0.3) is 0 Å². The maximum Gasteiger partial charge on any atom is 0.211 e. The molecule has 2 saturated carbocycles. The monoisotopic (exact) mass is 302 g/mol. The molecule has 0 aliphatic heterocycles. The SMILES string of the molecule is CCC1CCC(NS(=O)(=O)CCCCNC2CC2)C1C. The Morgan fingerprint density at radius 2 is 1.85 bits per heavy atom. The molecule has 2 rings (SSSR count). The van der Waals surface area contributed by atoms with E-state index in [1.165, 1.54) is 12.8 Å². The van der Waals surface area contributed by atoms with Gasteiger partial charge in [0.15, 0.2) is 0 Å². The lowest BCUT2D eigenvalue weighted by atomic mass is 9.94. The maximum absolute atomic E-state index is 12.1. The lowest BCUT2D eigenvalue weighted by molar-refractivity contribution is 0.368. The summed E-state index contributed by atoms with van der Waals surface area (Å²) in [6.45, 7) is 5.34. The number of hydrogen-bond donors (Lipinski definition) is 2. The minimum atomic E-state index is -3.09. The van der Waals surface area contributed by atoms with E-state index in [9.17, 15) is 8.42 Å². The molecule has 0 aromatic rings. The summed E-state index contributed by atoms with van der Waals surface area (Å²) in [4.78, 5) is 0. The number of unbranched alkanes of at least 4 members (excludes halogenated alkanes) is 1. The predicted molar refractivity (Wildman–Crippen MR) is 83.1 cm³/mol. The van der Waals surface area contributed by atoms with Crippen molar-refractivity contribution in [2.24, 2.45) is 11.8 Å². The zero-order valence-electron chi connectivity index (χ0n) is 12.9. The molecule has 2 N–H and O–H groups in total. The Balaban J connectivity index is 1.65. The highest BCUT2D eigenvalue weighted by molar-refractivity contribution is 7.89. The average molecular weight is 302 g/mol. The van der Waals surface area contributed by atoms with Crippen LogP contribution < -0.4 is 10.0 Å². The molecule has 3 atom stereocenters. The largest absolute Gasteiger partial charge is 0.314 e. The third kappa shape index (κ3) is 5.01. The fourth-order valence-corrected chi connectivity index (χ4v) is 4.79. The molecular formula is C15H30N2O2S. The fourth-order valence-electron chi connectivity index (χ4n) is 3.29. The van der Waals surface area contributed by atoms with Crippen molar-refractivity contribution in [2.45, 2.75) is 70.9 Å². The predicted octanol–water partition coefficient (Wildman–Crippen LogP) is 2.26. The summed E-state index contributed by atoms with van der Waals surface area (Å²) in [5, 5.41) is 3.42. The highest BCUT2D eigenvalue weighted by Crippen LogP contribution is 2.34. The van der Waals surface area contributed by atoms with E-state index in [1.54, 1.807) is 0 Å². The van der Waals surface area contributed by atoms with Gasteiger partial charge in [0.1, 0.15) is 0 Å². The molecule has 0 amide bonds. The van der Waals surface area contributed by atoms with Crippen molar-refractivity contribution in [2.75, 3.05) is 12.3 Å². The minimum absolute atomic E-state index is 0.162. The van der Waals surface area contributed by atoms with Crippen LogP contribution in [0, 0.1) is 11.8 Å². The maximum atomic E-state index is 12.1. The molecule has 2 aliphatic rings. The average Bonchev–Trinajstić information content (AvgIpc) is 3.15. The summed E-state index contributed by atoms with van der Waals surface area (Å²) >= 11 is 0. The molecule has 2 fully saturated rings. The van der Waals surface area contributed by atoms with E-state index in [0.29, 0.717) is 11.8 Å². The summed E-state index contributed by atoms with van der Waals surface area (Å²) in [6.07, 6.45) is 7.61. The summed E-state index contributed by atoms with van der Waals surface area (Å²) in [5.74, 6) is 1.44. The van der Waals surface area contributed by atoms with Gasteiger partial charge in [-0.05, 0) is 56.9 Å². The molecular weight excluding hydrogens is 272 g/mol. The van der Waals surface area contributed by atoms with Gasteiger partial charge in [0.05, 0.1) is 5.75 Å². The number of nitrogens with one attached hydrogen (secondary N) is 2. The highest BCUT2D eigenvalue weighted by atomic mass is 32.2. The van der Waals surface area contributed by atoms with E-state index in [4.69, 9.17) is 0 Å². The van der Waals surface area contributed by atoms with Crippen molar-refractivity contribution in [3.8, 4) is 0 Å². The van der Waals surface area contributed by atoms with Crippen LogP contribution in [0.3, 0.4) is 0 Å². The van der Waals surface area contributed by atoms with Crippen LogP contribution in [0.2, 0.25) is 0 Å². The summed E-state index contributed by atoms with van der Waals surface area (Å²) in [6, 6.07) is 0.879. The van der Waals surface area contributed by atoms with Crippen molar-refractivity contribution in [1.82, 2.24) is 10.0 Å². The first-order chi connectivity index (χ1) is 9.52. The molecule has 0 bridgehead atoms. The Bertz CT molecular complexity index is 393. The van der Waals surface area contributed by atoms with Gasteiger partial charge in [-0.15, -0.1) is 0 Å². The van der Waals surface area contributed by atoms with Gasteiger partial charge in [0.2, 0.25) is 10.0 Å². The lowest BCUT2D eigenvalue weighted by Crippen LogP contribution is -2.38. The number of rotatable bonds is 9. The second-order valence-electron chi connectivity index (χ2n) is 6.58. The zero-order chi connectivity index (χ0) is 14.6. The Morgan fingerprint density at radius 1 is 1.10 bits per heavy atom. The second kappa shape index (κ2) is 7.23. The molecule has 2 aliphatic carbocycles. The first-order valence-corrected chi connectivity index (χ1v) is 9.90. The number of sulfonamides is 1. The molecule has 0 spiro atoms. The van der Waals surface area contributed by atoms with Crippen LogP contribution in [-0.4, -0.2) is 32.8 Å². The molecule has 3 unspecified atom stereocenters. The van der Waals surface area contributed by atoms with Crippen molar-refractivity contribution in [1.29, 1.82) is 0 Å². The summed E-state index contributed by atoms with van der Waals surface area (Å²) < 4.78 is 27.1. The molecule has 4 nitrogen and oxygen atoms in total. The van der Waals surface area contributed by atoms with Gasteiger partial charge in [-0.25, -0.2) is 13.1 Å². The molecule has 0 aromatic carbocycles. The molecule has 0 heterocycles. The van der Waals surface area contributed by atoms with Crippen molar-refractivity contribution in [3.05, 3.63) is 0 Å². The first kappa shape index (κ1) is 16.2. The minimum Gasteiger partial charge on any atom is -0.314 e. The van der Waals surface area contributed by atoms with Crippen LogP contribution in [0.15, 0.2) is 0 Å². The molecule has 0 radical (unpaired) electrons. The van der Waals surface area contributed by atoms with E-state index in [2.05, 4.69) is 23.9 Å². The smallest absolute Gasteiger partial charge is 0.211 e. The normalized spacial score (nSPS) is 30.8. The number of hydrogen-bond acceptors (Lipinski definition) is 3. The Kier molecular flexibility index (Phi) is 5.87. The van der Waals surface area contributed by atoms with Gasteiger partial charge in [-0.3, -0.25) is 0 Å². The van der Waals surface area contributed by atoms with Crippen LogP contribution >= 0.6 is 0 Å². The van der Waals surface area contributed by atoms with Crippen molar-refractivity contribution < 1.29 is 8.42 Å². The Labute approximate surface area is 124 Å². The van der Waals surface area contributed by atoms with Crippen molar-refractivity contribution >= 4 is 10.0 Å². The first-order valence-electron chi connectivity index (χ1n) is 8.25. The molecule has 118 valence electrons. The van der Waals surface area contributed by atoms with E-state index in [0.717, 1.165) is 44.7 Å². The van der Waals surface area contributed by atoms with Gasteiger partial charge < -0.3 is 5.32 Å². The third-order valence-electron chi connectivity index (χ3n) is 4.93. The van der Waals surface area contributed by atoms with E-state index in [-0.39, 0.29) is 11.8 Å². The molecule has 0 saturated heterocycles. The van der Waals surface area contributed by atoms with Gasteiger partial charge >= 0.3 is 0 Å². The van der Waals surface area contributed by atoms with E-state index in [1.807, 2.05) is 0 Å². The molecule has 5 heteroatoms. The van der Waals surface area contributed by atoms with Crippen LogP contribution in [0.25, 0.3) is 0 Å². The standard InChI is InChI=1S/C15H30N2O2S/c1-3-13-6-9-15(12(13)2)17-20(18,19)11-5-4-10-16-14-7-8-14/h12-17H,3-11H2,1-2H3. The summed E-state index contributed by atoms with van der Waals surface area (Å²) in [5.41, 5.74) is 0. The van der Waals surface area contributed by atoms with Gasteiger partial charge in [-0.2, -0.15) is 0 Å². The molecule has 20 heavy (non-hydrogen) atoms. The Morgan fingerprint density at radius 3 is 2.45 bits per heavy atom. The summed E-state index contributed by atoms with van der Waals surface area (Å²) in [7, 11) is -3.09. The van der Waals surface area contributed by atoms with Crippen LogP contribution in [0.1, 0.15) is 58.8 Å². The van der Waals surface area contributed by atoms with Crippen LogP contribution in [0.4, 0.5) is 0 Å². The quantitative estimate of drug-likeness (QED) is 0.642. The topological polar surface area (TPSA) is 58.2 Å². The Hall–Kier alpha value is -0.130. The molecule has 0 aromatic heterocycles. The lowest BCUT2D eigenvalue weighted by Gasteiger charge is -2.20. The van der Waals surface area contributed by atoms with Crippen LogP contribution in [0.5, 0.6) is 0 Å². The fraction of sp³-hybridized carbons (Fsp3) is 1.00. The van der Waals surface area contributed by atoms with E-state index < -0.39 is 10.0 Å².